The van der Waals surface area contributed by atoms with Gasteiger partial charge in [-0.2, -0.15) is 0 Å². The molecule has 0 amide bonds. The Morgan fingerprint density at radius 2 is 1.79 bits per heavy atom. The van der Waals surface area contributed by atoms with E-state index >= 15 is 0 Å². The van der Waals surface area contributed by atoms with Crippen LogP contribution in [-0.2, 0) is 0 Å². The first-order chi connectivity index (χ1) is 6.65. The van der Waals surface area contributed by atoms with Gasteiger partial charge in [-0.15, -0.1) is 0 Å². The quantitative estimate of drug-likeness (QED) is 0.573. The molecule has 0 spiro atoms. The zero-order chi connectivity index (χ0) is 10.6. The minimum absolute atomic E-state index is 0.472. The van der Waals surface area contributed by atoms with E-state index in [4.69, 9.17) is 34.7 Å². The number of anilines is 1. The predicted octanol–water partition coefficient (Wildman–Crippen LogP) is 2.28. The Morgan fingerprint density at radius 1 is 1.21 bits per heavy atom. The van der Waals surface area contributed by atoms with Crippen molar-refractivity contribution in [2.75, 3.05) is 12.3 Å². The van der Waals surface area contributed by atoms with Crippen LogP contribution >= 0.6 is 23.2 Å². The molecule has 0 bridgehead atoms. The summed E-state index contributed by atoms with van der Waals surface area (Å²) < 4.78 is 0. The van der Waals surface area contributed by atoms with Crippen LogP contribution in [0.3, 0.4) is 0 Å². The van der Waals surface area contributed by atoms with E-state index in [9.17, 15) is 0 Å². The second-order valence-electron chi connectivity index (χ2n) is 2.70. The van der Waals surface area contributed by atoms with Crippen LogP contribution in [0.1, 0.15) is 12.0 Å². The zero-order valence-electron chi connectivity index (χ0n) is 7.48. The first-order valence-electron chi connectivity index (χ1n) is 4.08. The Kier molecular flexibility index (Phi) is 4.09. The number of nitrogens with two attached hydrogens (primary N) is 2. The molecule has 0 heterocycles. The van der Waals surface area contributed by atoms with Crippen LogP contribution in [0.15, 0.2) is 12.1 Å². The van der Waals surface area contributed by atoms with Gasteiger partial charge in [-0.05, 0) is 12.1 Å². The van der Waals surface area contributed by atoms with Gasteiger partial charge in [0.05, 0.1) is 15.6 Å². The standard InChI is InChI=1S/C10H10Cl2N2/c11-9-5-7(14)6-10(12)8(9)3-1-2-4-13/h5-6H,2,4,13-14H2. The third-order valence-electron chi connectivity index (χ3n) is 1.55. The highest BCUT2D eigenvalue weighted by atomic mass is 35.5. The smallest absolute Gasteiger partial charge is 0.0619 e. The Labute approximate surface area is 93.2 Å². The largest absolute Gasteiger partial charge is 0.399 e. The third-order valence-corrected chi connectivity index (χ3v) is 2.14. The maximum Gasteiger partial charge on any atom is 0.0619 e. The van der Waals surface area contributed by atoms with E-state index < -0.39 is 0 Å². The molecule has 0 unspecified atom stereocenters. The van der Waals surface area contributed by atoms with Crippen LogP contribution in [0.25, 0.3) is 0 Å². The van der Waals surface area contributed by atoms with Crippen LogP contribution in [0.4, 0.5) is 5.69 Å². The van der Waals surface area contributed by atoms with Gasteiger partial charge in [-0.3, -0.25) is 0 Å². The van der Waals surface area contributed by atoms with Crippen molar-refractivity contribution < 1.29 is 0 Å². The monoisotopic (exact) mass is 228 g/mol. The van der Waals surface area contributed by atoms with Crippen molar-refractivity contribution in [3.05, 3.63) is 27.7 Å². The SMILES string of the molecule is NCCC#Cc1c(Cl)cc(N)cc1Cl. The maximum atomic E-state index is 5.92. The van der Waals surface area contributed by atoms with E-state index in [0.717, 1.165) is 0 Å². The molecule has 1 aromatic carbocycles. The topological polar surface area (TPSA) is 52.0 Å². The molecule has 0 atom stereocenters. The summed E-state index contributed by atoms with van der Waals surface area (Å²) in [5.74, 6) is 5.73. The van der Waals surface area contributed by atoms with E-state index in [1.165, 1.54) is 0 Å². The summed E-state index contributed by atoms with van der Waals surface area (Å²) in [5, 5.41) is 0.944. The van der Waals surface area contributed by atoms with E-state index in [1.807, 2.05) is 0 Å². The van der Waals surface area contributed by atoms with Crippen molar-refractivity contribution in [1.82, 2.24) is 0 Å². The molecule has 0 aliphatic carbocycles. The summed E-state index contributed by atoms with van der Waals surface area (Å²) in [4.78, 5) is 0. The third kappa shape index (κ3) is 2.81. The zero-order valence-corrected chi connectivity index (χ0v) is 8.99. The first-order valence-corrected chi connectivity index (χ1v) is 4.84. The lowest BCUT2D eigenvalue weighted by molar-refractivity contribution is 1.03. The van der Waals surface area contributed by atoms with Crippen LogP contribution in [0.5, 0.6) is 0 Å². The fourth-order valence-electron chi connectivity index (χ4n) is 0.935. The lowest BCUT2D eigenvalue weighted by Gasteiger charge is -2.01. The normalized spacial score (nSPS) is 9.36. The van der Waals surface area contributed by atoms with Gasteiger partial charge in [0.1, 0.15) is 0 Å². The van der Waals surface area contributed by atoms with Crippen molar-refractivity contribution in [3.63, 3.8) is 0 Å². The van der Waals surface area contributed by atoms with E-state index in [1.54, 1.807) is 12.1 Å². The Bertz CT molecular complexity index is 368. The maximum absolute atomic E-state index is 5.92. The van der Waals surface area contributed by atoms with E-state index in [0.29, 0.717) is 34.3 Å². The summed E-state index contributed by atoms with van der Waals surface area (Å²) in [6, 6.07) is 3.25. The van der Waals surface area contributed by atoms with Gasteiger partial charge in [0.25, 0.3) is 0 Å². The van der Waals surface area contributed by atoms with Crippen molar-refractivity contribution in [2.45, 2.75) is 6.42 Å². The first kappa shape index (κ1) is 11.2. The molecule has 1 aromatic rings. The van der Waals surface area contributed by atoms with Crippen LogP contribution < -0.4 is 11.5 Å². The van der Waals surface area contributed by atoms with Gasteiger partial charge >= 0.3 is 0 Å². The van der Waals surface area contributed by atoms with Crippen molar-refractivity contribution in [1.29, 1.82) is 0 Å². The molecule has 0 aliphatic rings. The fraction of sp³-hybridized carbons (Fsp3) is 0.200. The van der Waals surface area contributed by atoms with Crippen molar-refractivity contribution >= 4 is 28.9 Å². The Hall–Kier alpha value is -0.880. The molecule has 0 aliphatic heterocycles. The lowest BCUT2D eigenvalue weighted by atomic mass is 10.2. The minimum atomic E-state index is 0.472. The molecule has 14 heavy (non-hydrogen) atoms. The van der Waals surface area contributed by atoms with E-state index in [2.05, 4.69) is 11.8 Å². The highest BCUT2D eigenvalue weighted by Gasteiger charge is 2.03. The summed E-state index contributed by atoms with van der Waals surface area (Å²) in [7, 11) is 0. The van der Waals surface area contributed by atoms with Gasteiger partial charge in [0.2, 0.25) is 0 Å². The average Bonchev–Trinajstić information content (AvgIpc) is 2.09. The Balaban J connectivity index is 3.04. The lowest BCUT2D eigenvalue weighted by Crippen LogP contribution is -1.95. The molecule has 0 fully saturated rings. The van der Waals surface area contributed by atoms with Crippen LogP contribution in [0, 0.1) is 11.8 Å². The molecule has 0 aromatic heterocycles. The number of halogens is 2. The average molecular weight is 229 g/mol. The number of hydrogen-bond donors (Lipinski definition) is 2. The van der Waals surface area contributed by atoms with Gasteiger partial charge in [-0.25, -0.2) is 0 Å². The molecule has 2 nitrogen and oxygen atoms in total. The van der Waals surface area contributed by atoms with Gasteiger partial charge in [-0.1, -0.05) is 35.0 Å². The Morgan fingerprint density at radius 3 is 2.29 bits per heavy atom. The number of hydrogen-bond acceptors (Lipinski definition) is 2. The second-order valence-corrected chi connectivity index (χ2v) is 3.51. The van der Waals surface area contributed by atoms with Gasteiger partial charge in [0, 0.05) is 18.7 Å². The van der Waals surface area contributed by atoms with Crippen LogP contribution in [-0.4, -0.2) is 6.54 Å². The number of benzene rings is 1. The molecule has 0 saturated carbocycles. The van der Waals surface area contributed by atoms with Gasteiger partial charge < -0.3 is 11.5 Å². The van der Waals surface area contributed by atoms with E-state index in [-0.39, 0.29) is 0 Å². The number of rotatable bonds is 1. The van der Waals surface area contributed by atoms with Crippen molar-refractivity contribution in [3.8, 4) is 11.8 Å². The molecular weight excluding hydrogens is 219 g/mol. The molecular formula is C10H10Cl2N2. The van der Waals surface area contributed by atoms with Gasteiger partial charge in [0.15, 0.2) is 0 Å². The minimum Gasteiger partial charge on any atom is -0.399 e. The molecule has 0 saturated heterocycles. The molecule has 0 radical (unpaired) electrons. The molecule has 4 N–H and O–H groups in total. The summed E-state index contributed by atoms with van der Waals surface area (Å²) in [6.45, 7) is 0.525. The number of nitrogen functional groups attached to an aromatic ring is 1. The summed E-state index contributed by atoms with van der Waals surface area (Å²) in [6.07, 6.45) is 0.622. The molecule has 74 valence electrons. The fourth-order valence-corrected chi connectivity index (χ4v) is 1.53. The molecule has 4 heteroatoms. The molecule has 1 rings (SSSR count). The van der Waals surface area contributed by atoms with Crippen molar-refractivity contribution in [2.24, 2.45) is 5.73 Å². The highest BCUT2D eigenvalue weighted by Crippen LogP contribution is 2.26. The highest BCUT2D eigenvalue weighted by molar-refractivity contribution is 6.37. The predicted molar refractivity (Wildman–Crippen MR) is 61.4 cm³/mol. The second kappa shape index (κ2) is 5.11. The summed E-state index contributed by atoms with van der Waals surface area (Å²) >= 11 is 11.8. The summed E-state index contributed by atoms with van der Waals surface area (Å²) in [5.41, 5.74) is 12.0. The van der Waals surface area contributed by atoms with Crippen LogP contribution in [0.2, 0.25) is 10.0 Å².